The molecule has 1 atom stereocenters. The number of nitrogens with two attached hydrogens (primary N) is 1. The number of nitrogen functional groups attached to an aromatic ring is 1. The zero-order valence-electron chi connectivity index (χ0n) is 22.8. The lowest BCUT2D eigenvalue weighted by Gasteiger charge is -2.20. The minimum Gasteiger partial charge on any atom is -0.382 e. The fourth-order valence-electron chi connectivity index (χ4n) is 4.51. The van der Waals surface area contributed by atoms with Gasteiger partial charge in [-0.15, -0.1) is 0 Å². The lowest BCUT2D eigenvalue weighted by molar-refractivity contribution is 0.0687. The summed E-state index contributed by atoms with van der Waals surface area (Å²) in [4.78, 5) is 23.7. The number of unbranched alkanes of at least 4 members (excludes halogenated alkanes) is 1. The molecular formula is C30H38N6O2. The van der Waals surface area contributed by atoms with Crippen LogP contribution < -0.4 is 11.1 Å². The van der Waals surface area contributed by atoms with Crippen LogP contribution in [0.2, 0.25) is 0 Å². The van der Waals surface area contributed by atoms with Crippen molar-refractivity contribution in [2.24, 2.45) is 0 Å². The molecule has 200 valence electrons. The number of amides is 1. The first-order valence-electron chi connectivity index (χ1n) is 13.1. The van der Waals surface area contributed by atoms with Crippen molar-refractivity contribution in [3.05, 3.63) is 88.9 Å². The largest absolute Gasteiger partial charge is 0.382 e. The Balaban J connectivity index is 1.30. The van der Waals surface area contributed by atoms with Gasteiger partial charge in [0.05, 0.1) is 18.5 Å². The smallest absolute Gasteiger partial charge is 0.251 e. The second-order valence-corrected chi connectivity index (χ2v) is 9.89. The second kappa shape index (κ2) is 12.7. The van der Waals surface area contributed by atoms with E-state index < -0.39 is 0 Å². The van der Waals surface area contributed by atoms with Gasteiger partial charge in [0.1, 0.15) is 11.6 Å². The van der Waals surface area contributed by atoms with Crippen LogP contribution in [0, 0.1) is 13.8 Å². The molecule has 0 bridgehead atoms. The zero-order chi connectivity index (χ0) is 27.1. The summed E-state index contributed by atoms with van der Waals surface area (Å²) < 4.78 is 8.36. The number of fused-ring (bicyclic) bond motifs is 1. The number of likely N-dealkylation sites (N-methyl/N-ethyl adjacent to an activating group) is 1. The maximum Gasteiger partial charge on any atom is 0.251 e. The standard InChI is InChI=1S/C30H38N6O2/c1-21-22(2)34-29(31)26-27(21)36(20-33-26)17-9-8-16-32-30(37)25-14-12-24(13-15-25)28(38-19-18-35(3)4)23-10-6-5-7-11-23/h5-7,10-15,20,28H,8-9,16-19H2,1-4H3,(H2,31,34)(H,32,37). The normalized spacial score (nSPS) is 12.2. The van der Waals surface area contributed by atoms with E-state index in [-0.39, 0.29) is 12.0 Å². The molecular weight excluding hydrogens is 476 g/mol. The fourth-order valence-corrected chi connectivity index (χ4v) is 4.51. The molecule has 0 spiro atoms. The first-order chi connectivity index (χ1) is 18.3. The summed E-state index contributed by atoms with van der Waals surface area (Å²) in [6.45, 7) is 6.88. The Kier molecular flexibility index (Phi) is 9.10. The maximum absolute atomic E-state index is 12.7. The van der Waals surface area contributed by atoms with Gasteiger partial charge in [0.2, 0.25) is 0 Å². The number of rotatable bonds is 12. The van der Waals surface area contributed by atoms with E-state index in [0.717, 1.165) is 59.3 Å². The van der Waals surface area contributed by atoms with Gasteiger partial charge >= 0.3 is 0 Å². The molecule has 1 amide bonds. The Morgan fingerprint density at radius 3 is 2.47 bits per heavy atom. The van der Waals surface area contributed by atoms with Crippen LogP contribution in [0.3, 0.4) is 0 Å². The molecule has 2 aromatic heterocycles. The van der Waals surface area contributed by atoms with Crippen LogP contribution in [0.4, 0.5) is 5.82 Å². The average Bonchev–Trinajstić information content (AvgIpc) is 3.35. The number of imidazole rings is 1. The van der Waals surface area contributed by atoms with Crippen molar-refractivity contribution < 1.29 is 9.53 Å². The van der Waals surface area contributed by atoms with Crippen LogP contribution in [-0.2, 0) is 11.3 Å². The highest BCUT2D eigenvalue weighted by Crippen LogP contribution is 2.26. The van der Waals surface area contributed by atoms with Gasteiger partial charge in [-0.05, 0) is 69.6 Å². The SMILES string of the molecule is Cc1nc(N)c2ncn(CCCCNC(=O)c3ccc(C(OCCN(C)C)c4ccccc4)cc3)c2c1C. The van der Waals surface area contributed by atoms with E-state index in [0.29, 0.717) is 24.5 Å². The summed E-state index contributed by atoms with van der Waals surface area (Å²) in [6, 6.07) is 17.9. The van der Waals surface area contributed by atoms with Crippen LogP contribution in [0.5, 0.6) is 0 Å². The van der Waals surface area contributed by atoms with E-state index in [4.69, 9.17) is 10.5 Å². The number of pyridine rings is 1. The van der Waals surface area contributed by atoms with E-state index >= 15 is 0 Å². The van der Waals surface area contributed by atoms with Gasteiger partial charge in [-0.2, -0.15) is 0 Å². The number of anilines is 1. The second-order valence-electron chi connectivity index (χ2n) is 9.89. The Hall–Kier alpha value is -3.75. The zero-order valence-corrected chi connectivity index (χ0v) is 22.8. The van der Waals surface area contributed by atoms with Gasteiger partial charge in [-0.3, -0.25) is 4.79 Å². The quantitative estimate of drug-likeness (QED) is 0.270. The predicted octanol–water partition coefficient (Wildman–Crippen LogP) is 4.51. The van der Waals surface area contributed by atoms with Crippen molar-refractivity contribution in [3.8, 4) is 0 Å². The number of aryl methyl sites for hydroxylation is 3. The molecule has 8 heteroatoms. The van der Waals surface area contributed by atoms with Crippen molar-refractivity contribution >= 4 is 22.8 Å². The molecule has 3 N–H and O–H groups in total. The highest BCUT2D eigenvalue weighted by Gasteiger charge is 2.16. The van der Waals surface area contributed by atoms with Gasteiger partial charge in [-0.1, -0.05) is 42.5 Å². The number of hydrogen-bond acceptors (Lipinski definition) is 6. The van der Waals surface area contributed by atoms with Crippen LogP contribution in [0.1, 0.15) is 51.7 Å². The average molecular weight is 515 g/mol. The van der Waals surface area contributed by atoms with Crippen molar-refractivity contribution in [2.75, 3.05) is 39.5 Å². The van der Waals surface area contributed by atoms with Crippen molar-refractivity contribution in [1.82, 2.24) is 24.8 Å². The monoisotopic (exact) mass is 514 g/mol. The third-order valence-electron chi connectivity index (χ3n) is 6.78. The van der Waals surface area contributed by atoms with E-state index in [9.17, 15) is 4.79 Å². The Bertz CT molecular complexity index is 1350. The van der Waals surface area contributed by atoms with E-state index in [1.165, 1.54) is 0 Å². The summed E-state index contributed by atoms with van der Waals surface area (Å²) in [5.41, 5.74) is 12.6. The van der Waals surface area contributed by atoms with Gasteiger partial charge in [0.25, 0.3) is 5.91 Å². The molecule has 0 fully saturated rings. The van der Waals surface area contributed by atoms with Gasteiger partial charge in [0.15, 0.2) is 5.82 Å². The summed E-state index contributed by atoms with van der Waals surface area (Å²) in [5.74, 6) is 0.398. The Morgan fingerprint density at radius 1 is 1.05 bits per heavy atom. The molecule has 0 saturated carbocycles. The highest BCUT2D eigenvalue weighted by atomic mass is 16.5. The third-order valence-corrected chi connectivity index (χ3v) is 6.78. The van der Waals surface area contributed by atoms with Crippen molar-refractivity contribution in [2.45, 2.75) is 39.3 Å². The molecule has 0 aliphatic heterocycles. The topological polar surface area (TPSA) is 98.3 Å². The highest BCUT2D eigenvalue weighted by molar-refractivity contribution is 5.94. The molecule has 0 saturated heterocycles. The molecule has 38 heavy (non-hydrogen) atoms. The number of ether oxygens (including phenoxy) is 1. The lowest BCUT2D eigenvalue weighted by Crippen LogP contribution is -2.24. The van der Waals surface area contributed by atoms with Crippen LogP contribution in [0.15, 0.2) is 60.9 Å². The van der Waals surface area contributed by atoms with E-state index in [1.54, 1.807) is 0 Å². The van der Waals surface area contributed by atoms with Crippen LogP contribution >= 0.6 is 0 Å². The van der Waals surface area contributed by atoms with Crippen LogP contribution in [-0.4, -0.2) is 59.1 Å². The molecule has 8 nitrogen and oxygen atoms in total. The van der Waals surface area contributed by atoms with Gasteiger partial charge in [-0.25, -0.2) is 9.97 Å². The summed E-state index contributed by atoms with van der Waals surface area (Å²) >= 11 is 0. The number of nitrogens with one attached hydrogen (secondary N) is 1. The van der Waals surface area contributed by atoms with Crippen molar-refractivity contribution in [3.63, 3.8) is 0 Å². The number of aromatic nitrogens is 3. The molecule has 0 aliphatic rings. The molecule has 0 radical (unpaired) electrons. The lowest BCUT2D eigenvalue weighted by atomic mass is 10.00. The molecule has 1 unspecified atom stereocenters. The van der Waals surface area contributed by atoms with Gasteiger partial charge < -0.3 is 25.3 Å². The number of hydrogen-bond donors (Lipinski definition) is 2. The molecule has 2 heterocycles. The fraction of sp³-hybridized carbons (Fsp3) is 0.367. The van der Waals surface area contributed by atoms with E-state index in [2.05, 4.69) is 36.9 Å². The van der Waals surface area contributed by atoms with Crippen LogP contribution in [0.25, 0.3) is 11.0 Å². The first kappa shape index (κ1) is 27.3. The molecule has 4 rings (SSSR count). The summed E-state index contributed by atoms with van der Waals surface area (Å²) in [5, 5.41) is 3.04. The molecule has 0 aliphatic carbocycles. The summed E-state index contributed by atoms with van der Waals surface area (Å²) in [7, 11) is 4.06. The molecule has 4 aromatic rings. The first-order valence-corrected chi connectivity index (χ1v) is 13.1. The third kappa shape index (κ3) is 6.57. The number of nitrogens with zero attached hydrogens (tertiary/aromatic N) is 4. The van der Waals surface area contributed by atoms with Gasteiger partial charge in [0, 0.05) is 30.9 Å². The number of benzene rings is 2. The minimum atomic E-state index is -0.175. The number of carbonyl (C=O) groups is 1. The van der Waals surface area contributed by atoms with Crippen molar-refractivity contribution in [1.29, 1.82) is 0 Å². The number of carbonyl (C=O) groups excluding carboxylic acids is 1. The maximum atomic E-state index is 12.7. The summed E-state index contributed by atoms with van der Waals surface area (Å²) in [6.07, 6.45) is 3.42. The Labute approximate surface area is 224 Å². The predicted molar refractivity (Wildman–Crippen MR) is 152 cm³/mol. The molecule has 2 aromatic carbocycles. The Morgan fingerprint density at radius 2 is 1.76 bits per heavy atom. The van der Waals surface area contributed by atoms with E-state index in [1.807, 2.05) is 76.7 Å². The minimum absolute atomic E-state index is 0.0697.